The van der Waals surface area contributed by atoms with E-state index in [1.165, 1.54) is 18.5 Å². The summed E-state index contributed by atoms with van der Waals surface area (Å²) in [4.78, 5) is 0. The summed E-state index contributed by atoms with van der Waals surface area (Å²) in [5.74, 6) is -0.326. The zero-order valence-electron chi connectivity index (χ0n) is 8.27. The van der Waals surface area contributed by atoms with Gasteiger partial charge in [-0.1, -0.05) is 15.9 Å². The van der Waals surface area contributed by atoms with Gasteiger partial charge in [-0.25, -0.2) is 4.39 Å². The summed E-state index contributed by atoms with van der Waals surface area (Å²) in [6.45, 7) is 0. The number of rotatable bonds is 2. The van der Waals surface area contributed by atoms with Gasteiger partial charge in [0.25, 0.3) is 0 Å². The molecule has 0 radical (unpaired) electrons. The molecule has 2 N–H and O–H groups in total. The van der Waals surface area contributed by atoms with E-state index in [4.69, 9.17) is 5.73 Å². The predicted octanol–water partition coefficient (Wildman–Crippen LogP) is 2.43. The van der Waals surface area contributed by atoms with Crippen molar-refractivity contribution in [3.8, 4) is 0 Å². The molecule has 0 aliphatic carbocycles. The molecule has 0 aliphatic heterocycles. The first-order valence-corrected chi connectivity index (χ1v) is 5.45. The topological polar surface area (TPSA) is 51.8 Å². The molecule has 0 saturated carbocycles. The van der Waals surface area contributed by atoms with Gasteiger partial charge >= 0.3 is 0 Å². The molecule has 2 rings (SSSR count). The molecule has 0 bridgehead atoms. The lowest BCUT2D eigenvalue weighted by Crippen LogP contribution is -2.14. The fraction of sp³-hybridized carbons (Fsp3) is 0.0909. The average Bonchev–Trinajstić information content (AvgIpc) is 2.32. The fourth-order valence-electron chi connectivity index (χ4n) is 1.42. The SMILES string of the molecule is NC(c1ccnnc1)c1cc(Br)ccc1F. The Labute approximate surface area is 101 Å². The van der Waals surface area contributed by atoms with Gasteiger partial charge in [0.05, 0.1) is 12.2 Å². The number of nitrogens with two attached hydrogens (primary N) is 1. The Bertz CT molecular complexity index is 490. The van der Waals surface area contributed by atoms with Crippen molar-refractivity contribution in [1.29, 1.82) is 0 Å². The summed E-state index contributed by atoms with van der Waals surface area (Å²) >= 11 is 3.29. The molecular formula is C11H9BrFN3. The van der Waals surface area contributed by atoms with Gasteiger partial charge in [-0.3, -0.25) is 0 Å². The lowest BCUT2D eigenvalue weighted by atomic mass is 10.0. The zero-order valence-corrected chi connectivity index (χ0v) is 9.86. The average molecular weight is 282 g/mol. The van der Waals surface area contributed by atoms with Crippen LogP contribution in [0.3, 0.4) is 0 Å². The van der Waals surface area contributed by atoms with Crippen molar-refractivity contribution < 1.29 is 4.39 Å². The van der Waals surface area contributed by atoms with Crippen molar-refractivity contribution in [3.63, 3.8) is 0 Å². The van der Waals surface area contributed by atoms with Gasteiger partial charge in [0.1, 0.15) is 5.82 Å². The number of benzene rings is 1. The third-order valence-electron chi connectivity index (χ3n) is 2.26. The highest BCUT2D eigenvalue weighted by atomic mass is 79.9. The lowest BCUT2D eigenvalue weighted by Gasteiger charge is -2.12. The van der Waals surface area contributed by atoms with E-state index in [1.807, 2.05) is 0 Å². The van der Waals surface area contributed by atoms with Crippen molar-refractivity contribution in [1.82, 2.24) is 10.2 Å². The molecule has 5 heteroatoms. The van der Waals surface area contributed by atoms with Gasteiger partial charge in [0.2, 0.25) is 0 Å². The molecule has 1 aromatic heterocycles. The maximum absolute atomic E-state index is 13.6. The molecule has 0 fully saturated rings. The highest BCUT2D eigenvalue weighted by molar-refractivity contribution is 9.10. The van der Waals surface area contributed by atoms with E-state index >= 15 is 0 Å². The Kier molecular flexibility index (Phi) is 3.26. The molecule has 3 nitrogen and oxygen atoms in total. The van der Waals surface area contributed by atoms with Crippen LogP contribution in [0.4, 0.5) is 4.39 Å². The van der Waals surface area contributed by atoms with Crippen LogP contribution < -0.4 is 5.73 Å². The quantitative estimate of drug-likeness (QED) is 0.920. The van der Waals surface area contributed by atoms with Crippen molar-refractivity contribution in [3.05, 3.63) is 58.1 Å². The smallest absolute Gasteiger partial charge is 0.128 e. The van der Waals surface area contributed by atoms with Gasteiger partial charge in [-0.2, -0.15) is 10.2 Å². The standard InChI is InChI=1S/C11H9BrFN3/c12-8-1-2-10(13)9(5-8)11(14)7-3-4-15-16-6-7/h1-6,11H,14H2. The third kappa shape index (κ3) is 2.25. The van der Waals surface area contributed by atoms with Gasteiger partial charge < -0.3 is 5.73 Å². The monoisotopic (exact) mass is 281 g/mol. The van der Waals surface area contributed by atoms with Crippen molar-refractivity contribution in [2.24, 2.45) is 5.73 Å². The van der Waals surface area contributed by atoms with Crippen LogP contribution in [-0.4, -0.2) is 10.2 Å². The minimum atomic E-state index is -0.534. The minimum Gasteiger partial charge on any atom is -0.320 e. The summed E-state index contributed by atoms with van der Waals surface area (Å²) in [7, 11) is 0. The fourth-order valence-corrected chi connectivity index (χ4v) is 1.80. The van der Waals surface area contributed by atoms with Crippen molar-refractivity contribution >= 4 is 15.9 Å². The molecule has 2 aromatic rings. The molecule has 1 unspecified atom stereocenters. The van der Waals surface area contributed by atoms with Crippen LogP contribution in [-0.2, 0) is 0 Å². The van der Waals surface area contributed by atoms with Crippen molar-refractivity contribution in [2.45, 2.75) is 6.04 Å². The Balaban J connectivity index is 2.41. The van der Waals surface area contributed by atoms with Crippen LogP contribution in [0.5, 0.6) is 0 Å². The van der Waals surface area contributed by atoms with E-state index in [9.17, 15) is 4.39 Å². The van der Waals surface area contributed by atoms with Gasteiger partial charge in [-0.05, 0) is 29.8 Å². The number of halogens is 2. The van der Waals surface area contributed by atoms with E-state index in [2.05, 4.69) is 26.1 Å². The van der Waals surface area contributed by atoms with E-state index in [0.717, 1.165) is 10.0 Å². The van der Waals surface area contributed by atoms with E-state index in [1.54, 1.807) is 18.2 Å². The lowest BCUT2D eigenvalue weighted by molar-refractivity contribution is 0.598. The second-order valence-electron chi connectivity index (χ2n) is 3.32. The van der Waals surface area contributed by atoms with Crippen LogP contribution in [0.1, 0.15) is 17.2 Å². The van der Waals surface area contributed by atoms with Crippen LogP contribution in [0, 0.1) is 5.82 Å². The Morgan fingerprint density at radius 3 is 2.75 bits per heavy atom. The van der Waals surface area contributed by atoms with Crippen LogP contribution >= 0.6 is 15.9 Å². The molecule has 16 heavy (non-hydrogen) atoms. The zero-order chi connectivity index (χ0) is 11.5. The number of aromatic nitrogens is 2. The summed E-state index contributed by atoms with van der Waals surface area (Å²) in [5.41, 5.74) is 7.12. The van der Waals surface area contributed by atoms with Gasteiger partial charge in [0, 0.05) is 16.2 Å². The summed E-state index contributed by atoms with van der Waals surface area (Å²) in [6.07, 6.45) is 3.07. The highest BCUT2D eigenvalue weighted by Crippen LogP contribution is 2.24. The van der Waals surface area contributed by atoms with Crippen LogP contribution in [0.2, 0.25) is 0 Å². The maximum Gasteiger partial charge on any atom is 0.128 e. The first-order chi connectivity index (χ1) is 7.68. The molecule has 1 aromatic carbocycles. The summed E-state index contributed by atoms with van der Waals surface area (Å²) in [6, 6.07) is 5.87. The normalized spacial score (nSPS) is 12.4. The molecule has 0 amide bonds. The maximum atomic E-state index is 13.6. The van der Waals surface area contributed by atoms with E-state index in [-0.39, 0.29) is 5.82 Å². The minimum absolute atomic E-state index is 0.326. The van der Waals surface area contributed by atoms with E-state index < -0.39 is 6.04 Å². The first kappa shape index (κ1) is 11.2. The molecule has 1 heterocycles. The first-order valence-electron chi connectivity index (χ1n) is 4.65. The predicted molar refractivity (Wildman–Crippen MR) is 62.2 cm³/mol. The van der Waals surface area contributed by atoms with Gasteiger partial charge in [0.15, 0.2) is 0 Å². The second kappa shape index (κ2) is 4.67. The number of hydrogen-bond acceptors (Lipinski definition) is 3. The summed E-state index contributed by atoms with van der Waals surface area (Å²) in [5, 5.41) is 7.37. The second-order valence-corrected chi connectivity index (χ2v) is 4.23. The number of hydrogen-bond donors (Lipinski definition) is 1. The third-order valence-corrected chi connectivity index (χ3v) is 2.75. The Morgan fingerprint density at radius 2 is 2.06 bits per heavy atom. The molecule has 0 saturated heterocycles. The van der Waals surface area contributed by atoms with E-state index in [0.29, 0.717) is 5.56 Å². The Hall–Kier alpha value is -1.33. The molecule has 82 valence electrons. The summed E-state index contributed by atoms with van der Waals surface area (Å²) < 4.78 is 14.4. The van der Waals surface area contributed by atoms with Crippen LogP contribution in [0.25, 0.3) is 0 Å². The highest BCUT2D eigenvalue weighted by Gasteiger charge is 2.14. The van der Waals surface area contributed by atoms with Crippen LogP contribution in [0.15, 0.2) is 41.1 Å². The Morgan fingerprint density at radius 1 is 1.25 bits per heavy atom. The molecular weight excluding hydrogens is 273 g/mol. The largest absolute Gasteiger partial charge is 0.320 e. The van der Waals surface area contributed by atoms with Gasteiger partial charge in [-0.15, -0.1) is 0 Å². The molecule has 0 spiro atoms. The number of nitrogens with zero attached hydrogens (tertiary/aromatic N) is 2. The molecule has 1 atom stereocenters. The molecule has 0 aliphatic rings. The van der Waals surface area contributed by atoms with Crippen molar-refractivity contribution in [2.75, 3.05) is 0 Å².